The SMILES string of the molecule is CC[C@H](C(=O)NCc1ccc(N(CC)CC)cc1)N(c1ccc(C)c(C)c1)S(C)(=O)=O. The molecule has 1 amide bonds. The number of hydrogen-bond donors (Lipinski definition) is 1. The van der Waals surface area contributed by atoms with Crippen LogP contribution in [0.2, 0.25) is 0 Å². The highest BCUT2D eigenvalue weighted by molar-refractivity contribution is 7.92. The molecule has 31 heavy (non-hydrogen) atoms. The number of aryl methyl sites for hydroxylation is 2. The average Bonchev–Trinajstić information content (AvgIpc) is 2.73. The van der Waals surface area contributed by atoms with E-state index in [-0.39, 0.29) is 5.91 Å². The smallest absolute Gasteiger partial charge is 0.244 e. The van der Waals surface area contributed by atoms with Gasteiger partial charge in [0.25, 0.3) is 0 Å². The Bertz CT molecular complexity index is 984. The second-order valence-electron chi connectivity index (χ2n) is 7.81. The van der Waals surface area contributed by atoms with Gasteiger partial charge < -0.3 is 10.2 Å². The van der Waals surface area contributed by atoms with Crippen molar-refractivity contribution >= 4 is 27.3 Å². The largest absolute Gasteiger partial charge is 0.372 e. The summed E-state index contributed by atoms with van der Waals surface area (Å²) in [6.07, 6.45) is 1.51. The van der Waals surface area contributed by atoms with Gasteiger partial charge in [-0.25, -0.2) is 8.42 Å². The Kier molecular flexibility index (Phi) is 8.51. The summed E-state index contributed by atoms with van der Waals surface area (Å²) in [5.74, 6) is -0.307. The minimum atomic E-state index is -3.64. The lowest BCUT2D eigenvalue weighted by Crippen LogP contribution is -2.49. The molecule has 2 rings (SSSR count). The minimum absolute atomic E-state index is 0.307. The van der Waals surface area contributed by atoms with Crippen LogP contribution in [0.3, 0.4) is 0 Å². The van der Waals surface area contributed by atoms with Crippen molar-refractivity contribution in [3.63, 3.8) is 0 Å². The van der Waals surface area contributed by atoms with Gasteiger partial charge in [-0.15, -0.1) is 0 Å². The van der Waals surface area contributed by atoms with Crippen LogP contribution in [0.25, 0.3) is 0 Å². The molecule has 0 saturated carbocycles. The Morgan fingerprint density at radius 1 is 0.935 bits per heavy atom. The number of carbonyl (C=O) groups excluding carboxylic acids is 1. The molecule has 1 atom stereocenters. The second kappa shape index (κ2) is 10.7. The maximum absolute atomic E-state index is 13.0. The zero-order chi connectivity index (χ0) is 23.2. The molecular formula is C24H35N3O3S. The summed E-state index contributed by atoms with van der Waals surface area (Å²) in [5, 5.41) is 2.92. The highest BCUT2D eigenvalue weighted by Gasteiger charge is 2.31. The van der Waals surface area contributed by atoms with Gasteiger partial charge in [0, 0.05) is 25.3 Å². The van der Waals surface area contributed by atoms with Crippen LogP contribution in [0.4, 0.5) is 11.4 Å². The van der Waals surface area contributed by atoms with Crippen molar-refractivity contribution in [2.24, 2.45) is 0 Å². The molecule has 1 N–H and O–H groups in total. The number of hydrogen-bond acceptors (Lipinski definition) is 4. The fourth-order valence-electron chi connectivity index (χ4n) is 3.64. The third-order valence-electron chi connectivity index (χ3n) is 5.61. The first-order valence-electron chi connectivity index (χ1n) is 10.8. The second-order valence-corrected chi connectivity index (χ2v) is 9.67. The summed E-state index contributed by atoms with van der Waals surface area (Å²) in [7, 11) is -3.64. The molecule has 170 valence electrons. The van der Waals surface area contributed by atoms with E-state index >= 15 is 0 Å². The zero-order valence-electron chi connectivity index (χ0n) is 19.5. The summed E-state index contributed by atoms with van der Waals surface area (Å²) in [5.41, 5.74) is 4.68. The number of anilines is 2. The van der Waals surface area contributed by atoms with E-state index in [2.05, 4.69) is 24.1 Å². The number of nitrogens with one attached hydrogen (secondary N) is 1. The third kappa shape index (κ3) is 6.23. The molecule has 2 aromatic carbocycles. The van der Waals surface area contributed by atoms with Crippen LogP contribution < -0.4 is 14.5 Å². The topological polar surface area (TPSA) is 69.7 Å². The van der Waals surface area contributed by atoms with E-state index in [1.165, 1.54) is 4.31 Å². The van der Waals surface area contributed by atoms with Gasteiger partial charge in [-0.1, -0.05) is 25.1 Å². The molecule has 0 bridgehead atoms. The van der Waals surface area contributed by atoms with Crippen LogP contribution in [-0.2, 0) is 21.4 Å². The van der Waals surface area contributed by atoms with Crippen LogP contribution in [-0.4, -0.2) is 39.7 Å². The lowest BCUT2D eigenvalue weighted by Gasteiger charge is -2.30. The van der Waals surface area contributed by atoms with E-state index in [9.17, 15) is 13.2 Å². The number of sulfonamides is 1. The highest BCUT2D eigenvalue weighted by atomic mass is 32.2. The van der Waals surface area contributed by atoms with Gasteiger partial charge in [0.05, 0.1) is 11.9 Å². The average molecular weight is 446 g/mol. The summed E-state index contributed by atoms with van der Waals surface area (Å²) >= 11 is 0. The Morgan fingerprint density at radius 3 is 2.00 bits per heavy atom. The predicted molar refractivity (Wildman–Crippen MR) is 129 cm³/mol. The third-order valence-corrected chi connectivity index (χ3v) is 6.79. The molecule has 0 saturated heterocycles. The van der Waals surface area contributed by atoms with Crippen LogP contribution in [0, 0.1) is 13.8 Å². The van der Waals surface area contributed by atoms with E-state index in [0.29, 0.717) is 18.7 Å². The van der Waals surface area contributed by atoms with Crippen molar-refractivity contribution in [1.29, 1.82) is 0 Å². The molecular weight excluding hydrogens is 410 g/mol. The van der Waals surface area contributed by atoms with Gasteiger partial charge in [-0.3, -0.25) is 9.10 Å². The van der Waals surface area contributed by atoms with Crippen molar-refractivity contribution in [2.45, 2.75) is 53.6 Å². The van der Waals surface area contributed by atoms with Gasteiger partial charge in [0.1, 0.15) is 6.04 Å². The molecule has 0 radical (unpaired) electrons. The van der Waals surface area contributed by atoms with E-state index in [1.54, 1.807) is 6.07 Å². The van der Waals surface area contributed by atoms with E-state index in [1.807, 2.05) is 57.2 Å². The van der Waals surface area contributed by atoms with Crippen molar-refractivity contribution in [1.82, 2.24) is 5.32 Å². The Morgan fingerprint density at radius 2 is 1.52 bits per heavy atom. The first-order chi connectivity index (χ1) is 14.6. The summed E-state index contributed by atoms with van der Waals surface area (Å²) < 4.78 is 26.4. The normalized spacial score (nSPS) is 12.3. The number of rotatable bonds is 10. The van der Waals surface area contributed by atoms with Crippen LogP contribution in [0.1, 0.15) is 43.9 Å². The maximum Gasteiger partial charge on any atom is 0.244 e. The highest BCUT2D eigenvalue weighted by Crippen LogP contribution is 2.25. The Balaban J connectivity index is 2.19. The molecule has 0 aliphatic rings. The van der Waals surface area contributed by atoms with Gasteiger partial charge in [-0.2, -0.15) is 0 Å². The standard InChI is InChI=1S/C24H35N3O3S/c1-7-23(27(31(6,29)30)22-13-10-18(4)19(5)16-22)24(28)25-17-20-11-14-21(15-12-20)26(8-2)9-3/h10-16,23H,7-9,17H2,1-6H3,(H,25,28)/t23-/m1/s1. The molecule has 0 fully saturated rings. The number of amides is 1. The van der Waals surface area contributed by atoms with Gasteiger partial charge in [0.2, 0.25) is 15.9 Å². The van der Waals surface area contributed by atoms with Crippen LogP contribution in [0.5, 0.6) is 0 Å². The van der Waals surface area contributed by atoms with E-state index in [4.69, 9.17) is 0 Å². The lowest BCUT2D eigenvalue weighted by molar-refractivity contribution is -0.122. The van der Waals surface area contributed by atoms with E-state index < -0.39 is 16.1 Å². The van der Waals surface area contributed by atoms with Gasteiger partial charge >= 0.3 is 0 Å². The molecule has 0 aliphatic carbocycles. The van der Waals surface area contributed by atoms with Crippen molar-refractivity contribution in [3.8, 4) is 0 Å². The van der Waals surface area contributed by atoms with Gasteiger partial charge in [0.15, 0.2) is 0 Å². The molecule has 7 heteroatoms. The van der Waals surface area contributed by atoms with Gasteiger partial charge in [-0.05, 0) is 75.1 Å². The maximum atomic E-state index is 13.0. The minimum Gasteiger partial charge on any atom is -0.372 e. The number of nitrogens with zero attached hydrogens (tertiary/aromatic N) is 2. The Labute approximate surface area is 187 Å². The van der Waals surface area contributed by atoms with Crippen molar-refractivity contribution in [2.75, 3.05) is 28.6 Å². The summed E-state index contributed by atoms with van der Waals surface area (Å²) in [6.45, 7) is 12.2. The van der Waals surface area contributed by atoms with Crippen molar-refractivity contribution < 1.29 is 13.2 Å². The van der Waals surface area contributed by atoms with Crippen molar-refractivity contribution in [3.05, 3.63) is 59.2 Å². The summed E-state index contributed by atoms with van der Waals surface area (Å²) in [6, 6.07) is 12.7. The summed E-state index contributed by atoms with van der Waals surface area (Å²) in [4.78, 5) is 15.3. The quantitative estimate of drug-likeness (QED) is 0.600. The first-order valence-corrected chi connectivity index (χ1v) is 12.6. The van der Waals surface area contributed by atoms with Crippen LogP contribution >= 0.6 is 0 Å². The number of benzene rings is 2. The predicted octanol–water partition coefficient (Wildman–Crippen LogP) is 4.01. The molecule has 0 spiro atoms. The Hall–Kier alpha value is -2.54. The monoisotopic (exact) mass is 445 g/mol. The zero-order valence-corrected chi connectivity index (χ0v) is 20.3. The fourth-order valence-corrected chi connectivity index (χ4v) is 4.85. The molecule has 2 aromatic rings. The molecule has 0 aliphatic heterocycles. The molecule has 0 heterocycles. The fraction of sp³-hybridized carbons (Fsp3) is 0.458. The first kappa shape index (κ1) is 24.7. The lowest BCUT2D eigenvalue weighted by atomic mass is 10.1. The van der Waals surface area contributed by atoms with Crippen LogP contribution in [0.15, 0.2) is 42.5 Å². The number of carbonyl (C=O) groups is 1. The molecule has 0 unspecified atom stereocenters. The molecule has 6 nitrogen and oxygen atoms in total. The molecule has 0 aromatic heterocycles. The van der Waals surface area contributed by atoms with E-state index in [0.717, 1.165) is 41.7 Å².